The Hall–Kier alpha value is 0.670. The van der Waals surface area contributed by atoms with Gasteiger partial charge in [0.05, 0.1) is 12.6 Å². The zero-order valence-electron chi connectivity index (χ0n) is 8.92. The van der Waals surface area contributed by atoms with Gasteiger partial charge < -0.3 is 29.7 Å². The second-order valence-corrected chi connectivity index (χ2v) is 4.47. The van der Waals surface area contributed by atoms with Gasteiger partial charge in [0.15, 0.2) is 16.6 Å². The van der Waals surface area contributed by atoms with E-state index in [-0.39, 0.29) is 29.6 Å². The Kier molecular flexibility index (Phi) is 6.99. The first-order valence-corrected chi connectivity index (χ1v) is 5.70. The van der Waals surface area contributed by atoms with Crippen LogP contribution in [0, 0.1) is 0 Å². The van der Waals surface area contributed by atoms with Crippen molar-refractivity contribution in [1.82, 2.24) is 4.72 Å². The zero-order chi connectivity index (χ0) is 12.5. The van der Waals surface area contributed by atoms with Crippen LogP contribution < -0.4 is 34.3 Å². The van der Waals surface area contributed by atoms with Crippen molar-refractivity contribution >= 4 is 10.3 Å². The summed E-state index contributed by atoms with van der Waals surface area (Å²) in [5.74, 6) is 0. The number of nitrogens with one attached hydrogen (secondary N) is 1. The summed E-state index contributed by atoms with van der Waals surface area (Å²) in [5.41, 5.74) is 0. The smallest absolute Gasteiger partial charge is 0.735 e. The molecule has 1 rings (SSSR count). The molecule has 96 valence electrons. The van der Waals surface area contributed by atoms with Crippen molar-refractivity contribution in [1.29, 1.82) is 0 Å². The molecule has 0 aliphatic carbocycles. The fraction of sp³-hybridized carbons (Fsp3) is 1.00. The maximum Gasteiger partial charge on any atom is 1.00 e. The van der Waals surface area contributed by atoms with Gasteiger partial charge in [0.2, 0.25) is 0 Å². The van der Waals surface area contributed by atoms with Gasteiger partial charge in [-0.15, -0.1) is 0 Å². The van der Waals surface area contributed by atoms with Gasteiger partial charge in [0.25, 0.3) is 0 Å². The van der Waals surface area contributed by atoms with E-state index in [0.717, 1.165) is 0 Å². The van der Waals surface area contributed by atoms with Crippen LogP contribution in [0.15, 0.2) is 0 Å². The molecule has 11 heteroatoms. The van der Waals surface area contributed by atoms with Gasteiger partial charge >= 0.3 is 29.6 Å². The average molecular weight is 281 g/mol. The summed E-state index contributed by atoms with van der Waals surface area (Å²) in [7, 11) is -4.91. The molecule has 17 heavy (non-hydrogen) atoms. The van der Waals surface area contributed by atoms with Crippen LogP contribution in [0.2, 0.25) is 0 Å². The Labute approximate surface area is 120 Å². The molecule has 1 fully saturated rings. The third-order valence-electron chi connectivity index (χ3n) is 2.18. The minimum absolute atomic E-state index is 0. The molecule has 5 N–H and O–H groups in total. The van der Waals surface area contributed by atoms with Crippen molar-refractivity contribution in [3.05, 3.63) is 0 Å². The Morgan fingerprint density at radius 2 is 1.76 bits per heavy atom. The van der Waals surface area contributed by atoms with Crippen molar-refractivity contribution in [2.75, 3.05) is 6.61 Å². The molecular weight excluding hydrogens is 269 g/mol. The summed E-state index contributed by atoms with van der Waals surface area (Å²) in [6.07, 6.45) is -6.46. The zero-order valence-corrected chi connectivity index (χ0v) is 11.7. The van der Waals surface area contributed by atoms with Crippen LogP contribution in [0.5, 0.6) is 0 Å². The summed E-state index contributed by atoms with van der Waals surface area (Å²) in [6.45, 7) is -0.674. The first-order chi connectivity index (χ1) is 7.26. The molecule has 1 aliphatic heterocycles. The second kappa shape index (κ2) is 6.73. The van der Waals surface area contributed by atoms with Crippen molar-refractivity contribution in [3.8, 4) is 0 Å². The van der Waals surface area contributed by atoms with Gasteiger partial charge in [0.1, 0.15) is 18.3 Å². The summed E-state index contributed by atoms with van der Waals surface area (Å²) < 4.78 is 37.1. The standard InChI is InChI=1S/C6H13NO8S.Na/c8-1-2-4(9)5(10)3(6(11)15-2)7-16(12,13)14;/h2-11H,1H2,(H,12,13,14);/q;+1/p-1. The van der Waals surface area contributed by atoms with Crippen molar-refractivity contribution in [2.45, 2.75) is 30.6 Å². The third-order valence-corrected chi connectivity index (χ3v) is 2.74. The van der Waals surface area contributed by atoms with Crippen LogP contribution in [-0.4, -0.2) is 70.6 Å². The van der Waals surface area contributed by atoms with Crippen LogP contribution >= 0.6 is 0 Å². The topological polar surface area (TPSA) is 159 Å². The minimum Gasteiger partial charge on any atom is -0.735 e. The van der Waals surface area contributed by atoms with E-state index in [0.29, 0.717) is 0 Å². The molecule has 0 radical (unpaired) electrons. The molecule has 5 atom stereocenters. The van der Waals surface area contributed by atoms with Gasteiger partial charge in [-0.3, -0.25) is 0 Å². The molecule has 0 aromatic carbocycles. The average Bonchev–Trinajstić information content (AvgIpc) is 2.17. The molecule has 5 unspecified atom stereocenters. The van der Waals surface area contributed by atoms with E-state index in [1.807, 2.05) is 0 Å². The number of aliphatic hydroxyl groups is 4. The van der Waals surface area contributed by atoms with Crippen LogP contribution in [0.1, 0.15) is 0 Å². The Morgan fingerprint density at radius 1 is 1.24 bits per heavy atom. The second-order valence-electron chi connectivity index (χ2n) is 3.33. The van der Waals surface area contributed by atoms with E-state index in [9.17, 15) is 28.3 Å². The number of aliphatic hydroxyl groups excluding tert-OH is 4. The minimum atomic E-state index is -4.91. The first kappa shape index (κ1) is 17.7. The van der Waals surface area contributed by atoms with Crippen molar-refractivity contribution in [3.63, 3.8) is 0 Å². The molecule has 0 bridgehead atoms. The summed E-state index contributed by atoms with van der Waals surface area (Å²) in [6, 6.07) is -1.68. The monoisotopic (exact) mass is 281 g/mol. The molecule has 1 aliphatic rings. The van der Waals surface area contributed by atoms with E-state index in [4.69, 9.17) is 5.11 Å². The molecule has 1 saturated heterocycles. The van der Waals surface area contributed by atoms with Crippen LogP contribution in [-0.2, 0) is 15.0 Å². The molecule has 0 spiro atoms. The number of ether oxygens (including phenoxy) is 1. The summed E-state index contributed by atoms with van der Waals surface area (Å²) in [5, 5.41) is 36.7. The maximum atomic E-state index is 10.4. The summed E-state index contributed by atoms with van der Waals surface area (Å²) >= 11 is 0. The van der Waals surface area contributed by atoms with Crippen LogP contribution in [0.3, 0.4) is 0 Å². The predicted molar refractivity (Wildman–Crippen MR) is 46.6 cm³/mol. The van der Waals surface area contributed by atoms with Gasteiger partial charge in [-0.1, -0.05) is 0 Å². The largest absolute Gasteiger partial charge is 1.00 e. The third kappa shape index (κ3) is 4.69. The molecule has 0 amide bonds. The fourth-order valence-electron chi connectivity index (χ4n) is 1.39. The molecule has 1 heterocycles. The fourth-order valence-corrected chi connectivity index (χ4v) is 1.98. The van der Waals surface area contributed by atoms with Crippen LogP contribution in [0.25, 0.3) is 0 Å². The molecular formula is C6H12NNaO8S. The first-order valence-electron chi connectivity index (χ1n) is 4.30. The molecule has 0 aromatic rings. The van der Waals surface area contributed by atoms with Crippen molar-refractivity contribution < 1.29 is 67.7 Å². The Bertz CT molecular complexity index is 337. The predicted octanol–water partition coefficient (Wildman–Crippen LogP) is -7.16. The summed E-state index contributed by atoms with van der Waals surface area (Å²) in [4.78, 5) is 0. The van der Waals surface area contributed by atoms with Gasteiger partial charge in [-0.05, 0) is 0 Å². The number of hydrogen-bond acceptors (Lipinski definition) is 8. The number of hydrogen-bond donors (Lipinski definition) is 5. The van der Waals surface area contributed by atoms with E-state index in [1.54, 1.807) is 0 Å². The molecule has 0 saturated carbocycles. The van der Waals surface area contributed by atoms with Crippen molar-refractivity contribution in [2.24, 2.45) is 0 Å². The Balaban J connectivity index is 0.00000256. The molecule has 0 aromatic heterocycles. The van der Waals surface area contributed by atoms with E-state index < -0.39 is 47.6 Å². The van der Waals surface area contributed by atoms with Gasteiger partial charge in [-0.25, -0.2) is 13.1 Å². The maximum absolute atomic E-state index is 10.4. The van der Waals surface area contributed by atoms with E-state index in [1.165, 1.54) is 4.72 Å². The SMILES string of the molecule is O=S(=O)([O-])NC1C(O)OC(CO)C(O)C1O.[Na+]. The van der Waals surface area contributed by atoms with Crippen LogP contribution in [0.4, 0.5) is 0 Å². The van der Waals surface area contributed by atoms with E-state index >= 15 is 0 Å². The molecule has 9 nitrogen and oxygen atoms in total. The number of rotatable bonds is 3. The normalized spacial score (nSPS) is 38.5. The van der Waals surface area contributed by atoms with E-state index in [2.05, 4.69) is 4.74 Å². The Morgan fingerprint density at radius 3 is 2.18 bits per heavy atom. The van der Waals surface area contributed by atoms with Gasteiger partial charge in [-0.2, -0.15) is 0 Å². The quantitative estimate of drug-likeness (QED) is 0.252. The van der Waals surface area contributed by atoms with Gasteiger partial charge in [0, 0.05) is 0 Å².